The molecule has 2 N–H and O–H groups in total. The monoisotopic (exact) mass is 386 g/mol. The van der Waals surface area contributed by atoms with Crippen molar-refractivity contribution in [1.29, 1.82) is 0 Å². The molecule has 2 rings (SSSR count). The smallest absolute Gasteiger partial charge is 0.744 e. The van der Waals surface area contributed by atoms with Gasteiger partial charge in [-0.3, -0.25) is 0 Å². The first-order chi connectivity index (χ1) is 10.00. The molecule has 2 aromatic carbocycles. The molecule has 0 heterocycles. The predicted molar refractivity (Wildman–Crippen MR) is 77.9 cm³/mol. The largest absolute Gasteiger partial charge is 2.00 e. The summed E-state index contributed by atoms with van der Waals surface area (Å²) in [6.45, 7) is 0. The zero-order valence-corrected chi connectivity index (χ0v) is 15.3. The number of rotatable bonds is 2. The second-order valence-corrected chi connectivity index (χ2v) is 6.66. The fourth-order valence-corrected chi connectivity index (χ4v) is 2.30. The molecule has 0 aliphatic heterocycles. The number of hydrogen-bond acceptors (Lipinski definition) is 8. The van der Waals surface area contributed by atoms with Crippen molar-refractivity contribution in [2.45, 2.75) is 9.79 Å². The molecular formula is C12H10CaO8S2. The van der Waals surface area contributed by atoms with E-state index in [1.54, 1.807) is 0 Å². The van der Waals surface area contributed by atoms with Crippen LogP contribution in [0.25, 0.3) is 0 Å². The van der Waals surface area contributed by atoms with Crippen LogP contribution in [0.15, 0.2) is 58.3 Å². The van der Waals surface area contributed by atoms with Crippen molar-refractivity contribution in [3.8, 4) is 11.5 Å². The normalized spacial score (nSPS) is 10.9. The van der Waals surface area contributed by atoms with Crippen molar-refractivity contribution in [1.82, 2.24) is 0 Å². The van der Waals surface area contributed by atoms with Gasteiger partial charge in [-0.25, -0.2) is 16.8 Å². The van der Waals surface area contributed by atoms with Gasteiger partial charge in [0.25, 0.3) is 0 Å². The van der Waals surface area contributed by atoms with Gasteiger partial charge in [0, 0.05) is 0 Å². The van der Waals surface area contributed by atoms with E-state index >= 15 is 0 Å². The van der Waals surface area contributed by atoms with Crippen molar-refractivity contribution in [3.63, 3.8) is 0 Å². The van der Waals surface area contributed by atoms with Crippen LogP contribution in [0.1, 0.15) is 0 Å². The zero-order chi connectivity index (χ0) is 17.0. The van der Waals surface area contributed by atoms with Crippen LogP contribution in [0, 0.1) is 0 Å². The van der Waals surface area contributed by atoms with E-state index in [1.165, 1.54) is 24.3 Å². The maximum Gasteiger partial charge on any atom is 2.00 e. The zero-order valence-electron chi connectivity index (χ0n) is 11.5. The topological polar surface area (TPSA) is 155 Å². The Morgan fingerprint density at radius 3 is 1.17 bits per heavy atom. The van der Waals surface area contributed by atoms with E-state index in [9.17, 15) is 25.9 Å². The van der Waals surface area contributed by atoms with Crippen LogP contribution < -0.4 is 0 Å². The van der Waals surface area contributed by atoms with Crippen LogP contribution in [-0.4, -0.2) is 73.9 Å². The van der Waals surface area contributed by atoms with E-state index in [-0.39, 0.29) is 49.2 Å². The third kappa shape index (κ3) is 7.97. The summed E-state index contributed by atoms with van der Waals surface area (Å²) < 4.78 is 61.9. The summed E-state index contributed by atoms with van der Waals surface area (Å²) in [5, 5.41) is 17.5. The average Bonchev–Trinajstić information content (AvgIpc) is 2.37. The Morgan fingerprint density at radius 1 is 0.696 bits per heavy atom. The number of phenols is 2. The maximum absolute atomic E-state index is 10.3. The quantitative estimate of drug-likeness (QED) is 0.548. The van der Waals surface area contributed by atoms with Gasteiger partial charge in [0.1, 0.15) is 31.7 Å². The molecule has 120 valence electrons. The first kappa shape index (κ1) is 22.1. The fourth-order valence-electron chi connectivity index (χ4n) is 1.28. The molecule has 23 heavy (non-hydrogen) atoms. The van der Waals surface area contributed by atoms with Crippen molar-refractivity contribution >= 4 is 58.0 Å². The van der Waals surface area contributed by atoms with Crippen LogP contribution in [0.2, 0.25) is 0 Å². The first-order valence-corrected chi connectivity index (χ1v) is 8.31. The van der Waals surface area contributed by atoms with E-state index in [0.717, 1.165) is 24.3 Å². The SMILES string of the molecule is O=S(=O)([O-])c1cccc(O)c1.O=S(=O)([O-])c1cccc(O)c1.[Ca+2]. The summed E-state index contributed by atoms with van der Waals surface area (Å²) in [7, 11) is -8.87. The Kier molecular flexibility index (Phi) is 8.49. The van der Waals surface area contributed by atoms with Crippen molar-refractivity contribution in [2.75, 3.05) is 0 Å². The summed E-state index contributed by atoms with van der Waals surface area (Å²) in [5.74, 6) is -0.469. The van der Waals surface area contributed by atoms with E-state index < -0.39 is 30.0 Å². The molecule has 0 aliphatic carbocycles. The summed E-state index contributed by atoms with van der Waals surface area (Å²) in [6, 6.07) is 9.22. The van der Waals surface area contributed by atoms with Gasteiger partial charge < -0.3 is 19.3 Å². The third-order valence-corrected chi connectivity index (χ3v) is 3.88. The van der Waals surface area contributed by atoms with Crippen LogP contribution in [0.3, 0.4) is 0 Å². The molecule has 0 bridgehead atoms. The molecule has 8 nitrogen and oxygen atoms in total. The van der Waals surface area contributed by atoms with E-state index in [0.29, 0.717) is 0 Å². The van der Waals surface area contributed by atoms with Gasteiger partial charge in [-0.2, -0.15) is 0 Å². The van der Waals surface area contributed by atoms with Crippen molar-refractivity contribution in [3.05, 3.63) is 48.5 Å². The molecule has 0 radical (unpaired) electrons. The molecule has 0 atom stereocenters. The minimum atomic E-state index is -4.44. The van der Waals surface area contributed by atoms with Gasteiger partial charge in [-0.15, -0.1) is 0 Å². The average molecular weight is 386 g/mol. The van der Waals surface area contributed by atoms with Crippen molar-refractivity contribution < 1.29 is 36.2 Å². The molecule has 0 spiro atoms. The van der Waals surface area contributed by atoms with Crippen LogP contribution >= 0.6 is 0 Å². The van der Waals surface area contributed by atoms with Crippen LogP contribution in [0.5, 0.6) is 11.5 Å². The van der Waals surface area contributed by atoms with Crippen LogP contribution in [0.4, 0.5) is 0 Å². The van der Waals surface area contributed by atoms with Gasteiger partial charge in [0.2, 0.25) is 0 Å². The Bertz CT molecular complexity index is 789. The fraction of sp³-hybridized carbons (Fsp3) is 0. The van der Waals surface area contributed by atoms with Gasteiger partial charge in [0.05, 0.1) is 9.79 Å². The summed E-state index contributed by atoms with van der Waals surface area (Å²) in [6.07, 6.45) is 0. The standard InChI is InChI=1S/2C6H6O4S.Ca/c2*7-5-2-1-3-6(4-5)11(8,9)10;/h2*1-4,7H,(H,8,9,10);/q;;+2/p-2. The maximum atomic E-state index is 10.3. The first-order valence-electron chi connectivity index (χ1n) is 5.50. The molecule has 0 aliphatic rings. The van der Waals surface area contributed by atoms with Crippen molar-refractivity contribution in [2.24, 2.45) is 0 Å². The summed E-state index contributed by atoms with van der Waals surface area (Å²) in [4.78, 5) is -0.838. The third-order valence-electron chi connectivity index (χ3n) is 2.21. The second-order valence-electron chi connectivity index (χ2n) is 3.90. The van der Waals surface area contributed by atoms with Gasteiger partial charge >= 0.3 is 37.7 Å². The number of benzene rings is 2. The Balaban J connectivity index is 0.000000403. The molecule has 0 saturated carbocycles. The van der Waals surface area contributed by atoms with E-state index in [2.05, 4.69) is 0 Å². The molecule has 0 fully saturated rings. The second kappa shape index (κ2) is 8.83. The number of phenolic OH excluding ortho intramolecular Hbond substituents is 2. The molecule has 0 saturated heterocycles. The summed E-state index contributed by atoms with van der Waals surface area (Å²) >= 11 is 0. The van der Waals surface area contributed by atoms with Gasteiger partial charge in [-0.05, 0) is 36.4 Å². The predicted octanol–water partition coefficient (Wildman–Crippen LogP) is 0.212. The Morgan fingerprint density at radius 2 is 1.00 bits per heavy atom. The van der Waals surface area contributed by atoms with E-state index in [1.807, 2.05) is 0 Å². The van der Waals surface area contributed by atoms with E-state index in [4.69, 9.17) is 10.2 Å². The van der Waals surface area contributed by atoms with Crippen LogP contribution in [-0.2, 0) is 20.2 Å². The number of aromatic hydroxyl groups is 2. The molecule has 0 amide bonds. The molecule has 11 heteroatoms. The molecular weight excluding hydrogens is 376 g/mol. The number of hydrogen-bond donors (Lipinski definition) is 2. The summed E-state index contributed by atoms with van der Waals surface area (Å²) in [5.41, 5.74) is 0. The van der Waals surface area contributed by atoms with Gasteiger partial charge in [-0.1, -0.05) is 12.1 Å². The Labute approximate surface area is 162 Å². The minimum Gasteiger partial charge on any atom is -0.744 e. The molecule has 0 unspecified atom stereocenters. The molecule has 0 aromatic heterocycles. The Hall–Kier alpha value is -0.880. The molecule has 2 aromatic rings. The van der Waals surface area contributed by atoms with Gasteiger partial charge in [0.15, 0.2) is 0 Å². The minimum absolute atomic E-state index is 0.